The number of carbonyl (C=O) groups is 1. The zero-order valence-corrected chi connectivity index (χ0v) is 41.5. The number of allylic oxidation sites excluding steroid dienone is 2. The predicted octanol–water partition coefficient (Wildman–Crippen LogP) is 11.2. The Hall–Kier alpha value is -6.22. The maximum Gasteiger partial charge on any atom is 0.330 e. The molecule has 0 radical (unpaired) electrons. The van der Waals surface area contributed by atoms with Crippen LogP contribution in [0.4, 0.5) is 5.69 Å². The Kier molecular flexibility index (Phi) is 15.5. The van der Waals surface area contributed by atoms with Crippen molar-refractivity contribution in [3.8, 4) is 38.4 Å². The van der Waals surface area contributed by atoms with E-state index in [2.05, 4.69) is 122 Å². The molecule has 0 saturated heterocycles. The number of aryl methyl sites for hydroxylation is 2. The molecule has 0 bridgehead atoms. The topological polar surface area (TPSA) is 110 Å². The minimum absolute atomic E-state index is 0.0410. The molecule has 2 aliphatic heterocycles. The van der Waals surface area contributed by atoms with Gasteiger partial charge in [0.05, 0.1) is 6.54 Å². The van der Waals surface area contributed by atoms with Gasteiger partial charge < -0.3 is 14.4 Å². The number of esters is 1. The molecule has 0 fully saturated rings. The van der Waals surface area contributed by atoms with Crippen molar-refractivity contribution in [3.63, 3.8) is 0 Å². The van der Waals surface area contributed by atoms with Crippen LogP contribution in [0.3, 0.4) is 0 Å². The van der Waals surface area contributed by atoms with E-state index in [9.17, 15) is 20.6 Å². The van der Waals surface area contributed by atoms with Crippen LogP contribution in [0.5, 0.6) is 0 Å². The average molecular weight is 927 g/mol. The molecule has 336 valence electrons. The summed E-state index contributed by atoms with van der Waals surface area (Å²) in [4.78, 5) is 18.6. The van der Waals surface area contributed by atoms with Gasteiger partial charge in [0.15, 0.2) is 19.4 Å². The van der Waals surface area contributed by atoms with E-state index in [1.807, 2.05) is 50.4 Å². The quantitative estimate of drug-likeness (QED) is 0.0246. The van der Waals surface area contributed by atoms with E-state index >= 15 is 0 Å². The van der Waals surface area contributed by atoms with Gasteiger partial charge in [-0.15, -0.1) is 22.7 Å². The number of rotatable bonds is 20. The van der Waals surface area contributed by atoms with Crippen LogP contribution >= 0.6 is 22.7 Å². The first-order valence-electron chi connectivity index (χ1n) is 23.2. The zero-order chi connectivity index (χ0) is 46.8. The molecule has 0 spiro atoms. The number of likely N-dealkylation sites (N-methyl/N-ethyl adjacent to an activating group) is 1. The lowest BCUT2D eigenvalue weighted by Crippen LogP contribution is -2.72. The minimum Gasteiger partial charge on any atom is -0.480 e. The standard InChI is InChI=1S/C56H58N4O3S2Si/c1-7-10-12-14-16-39-18-27-45(28-19-39)66(46-29-20-40(21-30-46)17-15-13-11-8-2)50-34-44(26-31-48-47(38-59)53(42(36-57)37-58)63-56(48,4)5)64-54(50)55-51(66)35-49(65-55)41-22-24-43(25-23-41)60(6)32-33-62-52(61)9-3/h9,18-31,34-35H,3,7-8,10-17,32-33H2,1-2,4-6H3/b31-26+. The monoisotopic (exact) mass is 926 g/mol. The van der Waals surface area contributed by atoms with E-state index in [0.29, 0.717) is 12.1 Å². The van der Waals surface area contributed by atoms with Crippen molar-refractivity contribution >= 4 is 69.2 Å². The summed E-state index contributed by atoms with van der Waals surface area (Å²) in [5.41, 5.74) is 4.65. The molecule has 5 aromatic rings. The molecular formula is C56H58N4O3S2Si. The highest BCUT2D eigenvalue weighted by Gasteiger charge is 2.51. The van der Waals surface area contributed by atoms with Crippen LogP contribution in [-0.2, 0) is 27.1 Å². The lowest BCUT2D eigenvalue weighted by Gasteiger charge is -2.30. The zero-order valence-electron chi connectivity index (χ0n) is 38.8. The van der Waals surface area contributed by atoms with Crippen molar-refractivity contribution in [2.75, 3.05) is 25.1 Å². The molecular weight excluding hydrogens is 869 g/mol. The normalized spacial score (nSPS) is 14.2. The number of nitrogens with zero attached hydrogens (tertiary/aromatic N) is 4. The summed E-state index contributed by atoms with van der Waals surface area (Å²) in [5, 5.41) is 35.2. The maximum absolute atomic E-state index is 11.6. The van der Waals surface area contributed by atoms with Gasteiger partial charge in [0, 0.05) is 43.9 Å². The molecule has 3 aromatic carbocycles. The molecule has 66 heavy (non-hydrogen) atoms. The smallest absolute Gasteiger partial charge is 0.330 e. The molecule has 0 atom stereocenters. The fourth-order valence-electron chi connectivity index (χ4n) is 9.21. The van der Waals surface area contributed by atoms with Gasteiger partial charge in [0.1, 0.15) is 36.0 Å². The minimum atomic E-state index is -2.89. The van der Waals surface area contributed by atoms with Crippen molar-refractivity contribution in [1.82, 2.24) is 0 Å². The SMILES string of the molecule is C=CC(=O)OCCN(C)c1ccc(-c2cc3c(s2)-c2sc(/C=C/C4=C(C#N)C(=C(C#N)C#N)OC4(C)C)cc2[Si]3(c2ccc(CCCCCC)cc2)c2ccc(CCCCCC)cc2)cc1. The third kappa shape index (κ3) is 9.81. The van der Waals surface area contributed by atoms with Gasteiger partial charge in [-0.3, -0.25) is 0 Å². The highest BCUT2D eigenvalue weighted by atomic mass is 32.1. The summed E-state index contributed by atoms with van der Waals surface area (Å²) in [7, 11) is -0.893. The molecule has 4 heterocycles. The van der Waals surface area contributed by atoms with Gasteiger partial charge in [-0.2, -0.15) is 15.8 Å². The molecule has 0 N–H and O–H groups in total. The fourth-order valence-corrected chi connectivity index (χ4v) is 17.9. The van der Waals surface area contributed by atoms with Crippen molar-refractivity contribution < 1.29 is 14.3 Å². The molecule has 0 saturated carbocycles. The lowest BCUT2D eigenvalue weighted by atomic mass is 9.94. The number of anilines is 1. The number of unbranched alkanes of at least 4 members (excludes halogenated alkanes) is 6. The second kappa shape index (κ2) is 21.4. The average Bonchev–Trinajstić information content (AvgIpc) is 4.08. The number of carbonyl (C=O) groups excluding carboxylic acids is 1. The maximum atomic E-state index is 11.6. The first-order valence-corrected chi connectivity index (χ1v) is 26.8. The van der Waals surface area contributed by atoms with Crippen LogP contribution in [0, 0.1) is 34.0 Å². The van der Waals surface area contributed by atoms with Gasteiger partial charge in [-0.25, -0.2) is 4.79 Å². The summed E-state index contributed by atoms with van der Waals surface area (Å²) < 4.78 is 11.4. The Morgan fingerprint density at radius 3 is 1.91 bits per heavy atom. The number of ether oxygens (including phenoxy) is 2. The van der Waals surface area contributed by atoms with Gasteiger partial charge >= 0.3 is 5.97 Å². The molecule has 2 aromatic heterocycles. The van der Waals surface area contributed by atoms with Crippen molar-refractivity contribution in [2.24, 2.45) is 0 Å². The number of benzene rings is 3. The predicted molar refractivity (Wildman–Crippen MR) is 275 cm³/mol. The van der Waals surface area contributed by atoms with Crippen molar-refractivity contribution in [3.05, 3.63) is 142 Å². The summed E-state index contributed by atoms with van der Waals surface area (Å²) in [6.45, 7) is 12.6. The summed E-state index contributed by atoms with van der Waals surface area (Å²) in [6, 6.07) is 38.7. The van der Waals surface area contributed by atoms with Crippen molar-refractivity contribution in [2.45, 2.75) is 97.5 Å². The van der Waals surface area contributed by atoms with Gasteiger partial charge in [0.25, 0.3) is 0 Å². The van der Waals surface area contributed by atoms with E-state index in [0.717, 1.165) is 29.0 Å². The lowest BCUT2D eigenvalue weighted by molar-refractivity contribution is -0.137. The Labute approximate surface area is 400 Å². The molecule has 0 aliphatic carbocycles. The third-order valence-electron chi connectivity index (χ3n) is 12.8. The van der Waals surface area contributed by atoms with Crippen LogP contribution in [-0.4, -0.2) is 39.8 Å². The number of fused-ring (bicyclic) bond motifs is 3. The summed E-state index contributed by atoms with van der Waals surface area (Å²) in [5.74, 6) is -0.381. The van der Waals surface area contributed by atoms with E-state index in [1.165, 1.54) is 104 Å². The first-order chi connectivity index (χ1) is 32.0. The van der Waals surface area contributed by atoms with Crippen molar-refractivity contribution in [1.29, 1.82) is 15.8 Å². The number of thiophene rings is 2. The summed E-state index contributed by atoms with van der Waals surface area (Å²) in [6.07, 6.45) is 17.1. The van der Waals surface area contributed by atoms with E-state index in [-0.39, 0.29) is 23.5 Å². The Bertz CT molecular complexity index is 2720. The van der Waals surface area contributed by atoms with Gasteiger partial charge in [-0.1, -0.05) is 126 Å². The molecule has 2 aliphatic rings. The fraction of sp³-hybridized carbons (Fsp3) is 0.321. The molecule has 7 nitrogen and oxygen atoms in total. The first kappa shape index (κ1) is 47.7. The van der Waals surface area contributed by atoms with E-state index in [4.69, 9.17) is 9.47 Å². The van der Waals surface area contributed by atoms with E-state index in [1.54, 1.807) is 11.3 Å². The van der Waals surface area contributed by atoms with Gasteiger partial charge in [-0.05, 0) is 107 Å². The number of nitriles is 3. The number of hydrogen-bond donors (Lipinski definition) is 0. The highest BCUT2D eigenvalue weighted by molar-refractivity contribution is 7.35. The van der Waals surface area contributed by atoms with Crippen LogP contribution in [0.15, 0.2) is 126 Å². The second-order valence-electron chi connectivity index (χ2n) is 17.6. The Balaban J connectivity index is 1.37. The number of hydrogen-bond acceptors (Lipinski definition) is 9. The van der Waals surface area contributed by atoms with Crippen LogP contribution in [0.25, 0.3) is 26.3 Å². The largest absolute Gasteiger partial charge is 0.480 e. The second-order valence-corrected chi connectivity index (χ2v) is 23.5. The van der Waals surface area contributed by atoms with Crippen LogP contribution < -0.4 is 25.6 Å². The Morgan fingerprint density at radius 2 is 1.36 bits per heavy atom. The summed E-state index contributed by atoms with van der Waals surface area (Å²) >= 11 is 3.63. The highest BCUT2D eigenvalue weighted by Crippen LogP contribution is 2.44. The van der Waals surface area contributed by atoms with E-state index < -0.39 is 19.6 Å². The van der Waals surface area contributed by atoms with Crippen LogP contribution in [0.2, 0.25) is 0 Å². The molecule has 7 rings (SSSR count). The third-order valence-corrected chi connectivity index (χ3v) is 20.4. The molecule has 0 unspecified atom stereocenters. The van der Waals surface area contributed by atoms with Crippen LogP contribution in [0.1, 0.15) is 95.1 Å². The molecule has 10 heteroatoms. The van der Waals surface area contributed by atoms with Gasteiger partial charge in [0.2, 0.25) is 0 Å². The Morgan fingerprint density at radius 1 is 0.788 bits per heavy atom. The molecule has 0 amide bonds.